The van der Waals surface area contributed by atoms with Gasteiger partial charge < -0.3 is 9.73 Å². The third-order valence-corrected chi connectivity index (χ3v) is 4.43. The molecule has 0 aliphatic rings. The number of amides is 1. The van der Waals surface area contributed by atoms with Crippen LogP contribution in [0.25, 0.3) is 11.0 Å². The van der Waals surface area contributed by atoms with Gasteiger partial charge in [-0.3, -0.25) is 19.6 Å². The van der Waals surface area contributed by atoms with Crippen molar-refractivity contribution in [1.29, 1.82) is 0 Å². The Morgan fingerprint density at radius 3 is 2.63 bits per heavy atom. The molecular formula is C18H18N4O5. The lowest BCUT2D eigenvalue weighted by Crippen LogP contribution is -2.25. The molecule has 1 amide bonds. The molecule has 2 aromatic heterocycles. The van der Waals surface area contributed by atoms with E-state index < -0.39 is 22.5 Å². The van der Waals surface area contributed by atoms with Gasteiger partial charge in [0.1, 0.15) is 23.0 Å². The van der Waals surface area contributed by atoms with Crippen LogP contribution in [-0.2, 0) is 4.79 Å². The van der Waals surface area contributed by atoms with Gasteiger partial charge >= 0.3 is 11.3 Å². The van der Waals surface area contributed by atoms with Crippen molar-refractivity contribution in [2.75, 3.05) is 5.32 Å². The number of nitro groups is 1. The third-order valence-electron chi connectivity index (χ3n) is 4.43. The lowest BCUT2D eigenvalue weighted by Gasteiger charge is -2.14. The maximum absolute atomic E-state index is 12.6. The molecule has 2 heterocycles. The van der Waals surface area contributed by atoms with Gasteiger partial charge in [-0.05, 0) is 45.4 Å². The smallest absolute Gasteiger partial charge is 0.336 e. The third kappa shape index (κ3) is 3.31. The Bertz CT molecular complexity index is 1130. The molecule has 0 saturated carbocycles. The SMILES string of the molecule is Cc1nn([C@H](C)C(=O)Nc2ccc3c(C)cc(=O)oc3c2)c(C)c1[N+](=O)[O-]. The average molecular weight is 370 g/mol. The highest BCUT2D eigenvalue weighted by Crippen LogP contribution is 2.26. The van der Waals surface area contributed by atoms with Gasteiger partial charge in [0.05, 0.1) is 4.92 Å². The second-order valence-corrected chi connectivity index (χ2v) is 6.35. The van der Waals surface area contributed by atoms with Crippen molar-refractivity contribution >= 4 is 28.3 Å². The predicted octanol–water partition coefficient (Wildman–Crippen LogP) is 3.02. The number of fused-ring (bicyclic) bond motifs is 1. The molecule has 9 nitrogen and oxygen atoms in total. The van der Waals surface area contributed by atoms with Crippen LogP contribution < -0.4 is 10.9 Å². The van der Waals surface area contributed by atoms with Gasteiger partial charge in [-0.25, -0.2) is 4.79 Å². The lowest BCUT2D eigenvalue weighted by molar-refractivity contribution is -0.386. The Morgan fingerprint density at radius 1 is 1.30 bits per heavy atom. The van der Waals surface area contributed by atoms with Gasteiger partial charge in [-0.15, -0.1) is 0 Å². The van der Waals surface area contributed by atoms with Crippen LogP contribution in [0.2, 0.25) is 0 Å². The van der Waals surface area contributed by atoms with Gasteiger partial charge in [0.15, 0.2) is 0 Å². The van der Waals surface area contributed by atoms with Crippen molar-refractivity contribution in [3.8, 4) is 0 Å². The molecule has 3 aromatic rings. The minimum absolute atomic E-state index is 0.0994. The first-order valence-electron chi connectivity index (χ1n) is 8.24. The number of hydrogen-bond donors (Lipinski definition) is 1. The summed E-state index contributed by atoms with van der Waals surface area (Å²) in [4.78, 5) is 34.8. The van der Waals surface area contributed by atoms with Gasteiger partial charge in [-0.1, -0.05) is 0 Å². The summed E-state index contributed by atoms with van der Waals surface area (Å²) in [5.41, 5.74) is 1.59. The first-order chi connectivity index (χ1) is 12.7. The number of aryl methyl sites for hydroxylation is 2. The van der Waals surface area contributed by atoms with Crippen molar-refractivity contribution in [2.24, 2.45) is 0 Å². The van der Waals surface area contributed by atoms with Crippen LogP contribution in [0.1, 0.15) is 29.9 Å². The molecule has 0 spiro atoms. The molecule has 1 atom stereocenters. The van der Waals surface area contributed by atoms with Crippen molar-refractivity contribution in [2.45, 2.75) is 33.7 Å². The minimum Gasteiger partial charge on any atom is -0.423 e. The number of aromatic nitrogens is 2. The van der Waals surface area contributed by atoms with E-state index in [1.54, 1.807) is 39.0 Å². The molecule has 0 bridgehead atoms. The summed E-state index contributed by atoms with van der Waals surface area (Å²) < 4.78 is 6.50. The van der Waals surface area contributed by atoms with E-state index in [-0.39, 0.29) is 11.4 Å². The number of nitrogens with zero attached hydrogens (tertiary/aromatic N) is 3. The van der Waals surface area contributed by atoms with E-state index in [1.807, 2.05) is 0 Å². The maximum atomic E-state index is 12.6. The minimum atomic E-state index is -0.766. The van der Waals surface area contributed by atoms with Crippen molar-refractivity contribution in [3.05, 3.63) is 61.8 Å². The largest absolute Gasteiger partial charge is 0.423 e. The van der Waals surface area contributed by atoms with E-state index in [2.05, 4.69) is 10.4 Å². The summed E-state index contributed by atoms with van der Waals surface area (Å²) in [6.45, 7) is 6.48. The van der Waals surface area contributed by atoms with E-state index in [9.17, 15) is 19.7 Å². The second-order valence-electron chi connectivity index (χ2n) is 6.35. The second kappa shape index (κ2) is 6.67. The van der Waals surface area contributed by atoms with Gasteiger partial charge in [-0.2, -0.15) is 5.10 Å². The van der Waals surface area contributed by atoms with Crippen LogP contribution in [0.15, 0.2) is 33.5 Å². The fourth-order valence-corrected chi connectivity index (χ4v) is 3.06. The van der Waals surface area contributed by atoms with Crippen LogP contribution in [0.3, 0.4) is 0 Å². The molecule has 1 aromatic carbocycles. The number of nitrogens with one attached hydrogen (secondary N) is 1. The molecule has 3 rings (SSSR count). The first-order valence-corrected chi connectivity index (χ1v) is 8.24. The summed E-state index contributed by atoms with van der Waals surface area (Å²) in [6, 6.07) is 5.65. The van der Waals surface area contributed by atoms with E-state index in [4.69, 9.17) is 4.42 Å². The molecule has 9 heteroatoms. The normalized spacial score (nSPS) is 12.1. The topological polar surface area (TPSA) is 120 Å². The molecule has 0 aliphatic heterocycles. The standard InChI is InChI=1S/C18H18N4O5/c1-9-7-16(23)27-15-8-13(5-6-14(9)15)19-18(24)12(4)21-11(3)17(22(25)26)10(2)20-21/h5-8,12H,1-4H3,(H,19,24)/t12-/m1/s1. The van der Waals surface area contributed by atoms with Crippen LogP contribution in [0.5, 0.6) is 0 Å². The fourth-order valence-electron chi connectivity index (χ4n) is 3.06. The Kier molecular flexibility index (Phi) is 4.52. The molecule has 0 radical (unpaired) electrons. The first kappa shape index (κ1) is 18.3. The van der Waals surface area contributed by atoms with Gasteiger partial charge in [0.25, 0.3) is 0 Å². The summed E-state index contributed by atoms with van der Waals surface area (Å²) in [5.74, 6) is -0.398. The molecule has 140 valence electrons. The Hall–Kier alpha value is -3.49. The van der Waals surface area contributed by atoms with Gasteiger partial charge in [0, 0.05) is 23.2 Å². The lowest BCUT2D eigenvalue weighted by atomic mass is 10.1. The number of benzene rings is 1. The van der Waals surface area contributed by atoms with Crippen molar-refractivity contribution in [3.63, 3.8) is 0 Å². The predicted molar refractivity (Wildman–Crippen MR) is 98.9 cm³/mol. The molecule has 1 N–H and O–H groups in total. The highest BCUT2D eigenvalue weighted by atomic mass is 16.6. The summed E-state index contributed by atoms with van der Waals surface area (Å²) in [5, 5.41) is 18.8. The zero-order valence-electron chi connectivity index (χ0n) is 15.3. The van der Waals surface area contributed by atoms with Crippen LogP contribution in [-0.4, -0.2) is 20.6 Å². The molecule has 27 heavy (non-hydrogen) atoms. The zero-order valence-corrected chi connectivity index (χ0v) is 15.3. The van der Waals surface area contributed by atoms with Crippen molar-refractivity contribution in [1.82, 2.24) is 9.78 Å². The quantitative estimate of drug-likeness (QED) is 0.428. The summed E-state index contributed by atoms with van der Waals surface area (Å²) in [7, 11) is 0. The van der Waals surface area contributed by atoms with Crippen LogP contribution >= 0.6 is 0 Å². The molecule has 0 fully saturated rings. The molecule has 0 aliphatic carbocycles. The number of hydrogen-bond acceptors (Lipinski definition) is 6. The van der Waals surface area contributed by atoms with Gasteiger partial charge in [0.2, 0.25) is 5.91 Å². The monoisotopic (exact) mass is 370 g/mol. The number of carbonyl (C=O) groups is 1. The highest BCUT2D eigenvalue weighted by molar-refractivity contribution is 5.95. The van der Waals surface area contributed by atoms with E-state index in [1.165, 1.54) is 17.7 Å². The molecule has 0 saturated heterocycles. The maximum Gasteiger partial charge on any atom is 0.336 e. The average Bonchev–Trinajstić information content (AvgIpc) is 2.88. The van der Waals surface area contributed by atoms with E-state index >= 15 is 0 Å². The highest BCUT2D eigenvalue weighted by Gasteiger charge is 2.27. The number of carbonyl (C=O) groups excluding carboxylic acids is 1. The summed E-state index contributed by atoms with van der Waals surface area (Å²) in [6.07, 6.45) is 0. The zero-order chi connectivity index (χ0) is 19.9. The van der Waals surface area contributed by atoms with Crippen LogP contribution in [0, 0.1) is 30.9 Å². The fraction of sp³-hybridized carbons (Fsp3) is 0.278. The Labute approximate surface area is 153 Å². The van der Waals surface area contributed by atoms with E-state index in [0.29, 0.717) is 17.0 Å². The summed E-state index contributed by atoms with van der Waals surface area (Å²) >= 11 is 0. The molecular weight excluding hydrogens is 352 g/mol. The van der Waals surface area contributed by atoms with E-state index in [0.717, 1.165) is 10.9 Å². The van der Waals surface area contributed by atoms with Crippen molar-refractivity contribution < 1.29 is 14.1 Å². The Morgan fingerprint density at radius 2 is 2.00 bits per heavy atom. The number of rotatable bonds is 4. The van der Waals surface area contributed by atoms with Crippen LogP contribution in [0.4, 0.5) is 11.4 Å². The Balaban J connectivity index is 1.89. The number of anilines is 1. The molecule has 0 unspecified atom stereocenters.